The lowest BCUT2D eigenvalue weighted by Crippen LogP contribution is -1.98. The first-order valence-corrected chi connectivity index (χ1v) is 4.15. The Morgan fingerprint density at radius 2 is 1.65 bits per heavy atom. The number of hydrogen-bond acceptors (Lipinski definition) is 2. The summed E-state index contributed by atoms with van der Waals surface area (Å²) in [5, 5.41) is 5.73. The Labute approximate surface area is 99.0 Å². The van der Waals surface area contributed by atoms with Gasteiger partial charge < -0.3 is 5.73 Å². The second kappa shape index (κ2) is 4.62. The van der Waals surface area contributed by atoms with Gasteiger partial charge in [0.1, 0.15) is 5.82 Å². The Morgan fingerprint density at radius 1 is 1.00 bits per heavy atom. The maximum atomic E-state index is 13.3. The van der Waals surface area contributed by atoms with Crippen LogP contribution >= 0.6 is 12.4 Å². The van der Waals surface area contributed by atoms with Crippen LogP contribution in [0.1, 0.15) is 0 Å². The maximum absolute atomic E-state index is 13.3. The minimum Gasteiger partial charge on any atom is -0.382 e. The Kier molecular flexibility index (Phi) is 3.62. The fraction of sp³-hybridized carbons (Fsp3) is 0. The predicted octanol–water partition coefficient (Wildman–Crippen LogP) is 2.64. The summed E-state index contributed by atoms with van der Waals surface area (Å²) in [6.07, 6.45) is 0. The number of nitrogen functional groups attached to an aromatic ring is 1. The molecular weight excluding hydrogens is 262 g/mol. The van der Waals surface area contributed by atoms with Crippen molar-refractivity contribution in [2.45, 2.75) is 0 Å². The smallest absolute Gasteiger partial charge is 0.198 e. The zero-order chi connectivity index (χ0) is 11.9. The van der Waals surface area contributed by atoms with Gasteiger partial charge in [-0.1, -0.05) is 0 Å². The maximum Gasteiger partial charge on any atom is 0.198 e. The normalized spacial score (nSPS) is 10.1. The third kappa shape index (κ3) is 2.19. The molecule has 0 saturated heterocycles. The van der Waals surface area contributed by atoms with Crippen LogP contribution in [-0.4, -0.2) is 10.2 Å². The molecule has 92 valence electrons. The highest BCUT2D eigenvalue weighted by Crippen LogP contribution is 2.27. The van der Waals surface area contributed by atoms with E-state index in [0.717, 1.165) is 0 Å². The van der Waals surface area contributed by atoms with E-state index in [1.807, 2.05) is 0 Å². The second-order valence-electron chi connectivity index (χ2n) is 3.05. The largest absolute Gasteiger partial charge is 0.382 e. The summed E-state index contributed by atoms with van der Waals surface area (Å²) in [5.74, 6) is -6.68. The number of anilines is 1. The molecule has 17 heavy (non-hydrogen) atoms. The van der Waals surface area contributed by atoms with Gasteiger partial charge in [0.25, 0.3) is 0 Å². The Balaban J connectivity index is 0.00000144. The molecule has 0 spiro atoms. The molecule has 1 heterocycles. The van der Waals surface area contributed by atoms with Gasteiger partial charge in [-0.25, -0.2) is 17.6 Å². The molecule has 2 aromatic rings. The average molecular weight is 268 g/mol. The van der Waals surface area contributed by atoms with Gasteiger partial charge in [-0.2, -0.15) is 5.10 Å². The summed E-state index contributed by atoms with van der Waals surface area (Å²) in [6, 6.07) is 1.70. The van der Waals surface area contributed by atoms with Gasteiger partial charge in [0.05, 0.1) is 5.69 Å². The average Bonchev–Trinajstić information content (AvgIpc) is 2.67. The molecule has 1 aromatic carbocycles. The van der Waals surface area contributed by atoms with E-state index in [1.54, 1.807) is 0 Å². The predicted molar refractivity (Wildman–Crippen MR) is 55.5 cm³/mol. The highest BCUT2D eigenvalue weighted by molar-refractivity contribution is 5.85. The second-order valence-corrected chi connectivity index (χ2v) is 3.05. The Hall–Kier alpha value is -1.76. The van der Waals surface area contributed by atoms with Crippen molar-refractivity contribution in [1.29, 1.82) is 0 Å². The van der Waals surface area contributed by atoms with Crippen LogP contribution in [0.3, 0.4) is 0 Å². The molecule has 0 bridgehead atoms. The standard InChI is InChI=1S/C9H5F4N3.ClH/c10-4-1-3(5-2-6(14)16-15-5)7(11)9(13)8(4)12;/h1-2H,(H3,14,15,16);1H. The van der Waals surface area contributed by atoms with Gasteiger partial charge in [-0.15, -0.1) is 12.4 Å². The topological polar surface area (TPSA) is 54.7 Å². The van der Waals surface area contributed by atoms with Gasteiger partial charge >= 0.3 is 0 Å². The number of hydrogen-bond donors (Lipinski definition) is 2. The minimum atomic E-state index is -1.87. The number of aromatic amines is 1. The van der Waals surface area contributed by atoms with Gasteiger partial charge in [0.15, 0.2) is 23.3 Å². The van der Waals surface area contributed by atoms with Crippen molar-refractivity contribution < 1.29 is 17.6 Å². The van der Waals surface area contributed by atoms with Crippen molar-refractivity contribution in [3.8, 4) is 11.3 Å². The number of nitrogens with one attached hydrogen (secondary N) is 1. The first-order valence-electron chi connectivity index (χ1n) is 4.15. The summed E-state index contributed by atoms with van der Waals surface area (Å²) >= 11 is 0. The van der Waals surface area contributed by atoms with Crippen molar-refractivity contribution in [3.05, 3.63) is 35.4 Å². The van der Waals surface area contributed by atoms with E-state index in [0.29, 0.717) is 6.07 Å². The van der Waals surface area contributed by atoms with Crippen molar-refractivity contribution in [1.82, 2.24) is 10.2 Å². The zero-order valence-corrected chi connectivity index (χ0v) is 8.92. The molecule has 0 unspecified atom stereocenters. The van der Waals surface area contributed by atoms with E-state index in [9.17, 15) is 17.6 Å². The number of nitrogens with zero attached hydrogens (tertiary/aromatic N) is 1. The first kappa shape index (κ1) is 13.3. The molecule has 0 amide bonds. The highest BCUT2D eigenvalue weighted by atomic mass is 35.5. The molecule has 1 aromatic heterocycles. The van der Waals surface area contributed by atoms with E-state index in [4.69, 9.17) is 5.73 Å². The summed E-state index contributed by atoms with van der Waals surface area (Å²) in [6.45, 7) is 0. The molecule has 0 aliphatic carbocycles. The third-order valence-electron chi connectivity index (χ3n) is 1.99. The van der Waals surface area contributed by atoms with E-state index in [-0.39, 0.29) is 23.9 Å². The van der Waals surface area contributed by atoms with Crippen molar-refractivity contribution >= 4 is 18.2 Å². The number of halogens is 5. The molecular formula is C9H6ClF4N3. The lowest BCUT2D eigenvalue weighted by Gasteiger charge is -2.03. The molecule has 0 aliphatic rings. The summed E-state index contributed by atoms with van der Waals surface area (Å²) in [7, 11) is 0. The highest BCUT2D eigenvalue weighted by Gasteiger charge is 2.20. The van der Waals surface area contributed by atoms with Crippen LogP contribution in [0.4, 0.5) is 23.4 Å². The van der Waals surface area contributed by atoms with E-state index >= 15 is 0 Å². The third-order valence-corrected chi connectivity index (χ3v) is 1.99. The van der Waals surface area contributed by atoms with Crippen molar-refractivity contribution in [2.24, 2.45) is 0 Å². The SMILES string of the molecule is Cl.Nc1cc(-c2cc(F)c(F)c(F)c2F)[nH]n1. The lowest BCUT2D eigenvalue weighted by atomic mass is 10.1. The van der Waals surface area contributed by atoms with Crippen molar-refractivity contribution in [3.63, 3.8) is 0 Å². The fourth-order valence-corrected chi connectivity index (χ4v) is 1.24. The molecule has 0 saturated carbocycles. The fourth-order valence-electron chi connectivity index (χ4n) is 1.24. The van der Waals surface area contributed by atoms with Gasteiger partial charge in [0.2, 0.25) is 0 Å². The lowest BCUT2D eigenvalue weighted by molar-refractivity contribution is 0.410. The Morgan fingerprint density at radius 3 is 2.18 bits per heavy atom. The summed E-state index contributed by atoms with van der Waals surface area (Å²) in [5.41, 5.74) is 4.74. The number of benzene rings is 1. The van der Waals surface area contributed by atoms with Gasteiger partial charge in [0, 0.05) is 11.6 Å². The van der Waals surface area contributed by atoms with Crippen LogP contribution in [0.5, 0.6) is 0 Å². The van der Waals surface area contributed by atoms with Gasteiger partial charge in [-0.3, -0.25) is 5.10 Å². The quantitative estimate of drug-likeness (QED) is 0.474. The first-order chi connectivity index (χ1) is 7.50. The molecule has 8 heteroatoms. The molecule has 3 N–H and O–H groups in total. The number of nitrogens with two attached hydrogens (primary N) is 1. The van der Waals surface area contributed by atoms with E-state index in [1.165, 1.54) is 6.07 Å². The van der Waals surface area contributed by atoms with Gasteiger partial charge in [-0.05, 0) is 6.07 Å². The molecule has 0 radical (unpaired) electrons. The van der Waals surface area contributed by atoms with Crippen LogP contribution < -0.4 is 5.73 Å². The number of H-pyrrole nitrogens is 1. The van der Waals surface area contributed by atoms with E-state index < -0.39 is 28.8 Å². The summed E-state index contributed by atoms with van der Waals surface area (Å²) in [4.78, 5) is 0. The summed E-state index contributed by atoms with van der Waals surface area (Å²) < 4.78 is 51.7. The minimum absolute atomic E-state index is 0. The number of rotatable bonds is 1. The molecule has 0 atom stereocenters. The Bertz CT molecular complexity index is 555. The van der Waals surface area contributed by atoms with Crippen LogP contribution in [-0.2, 0) is 0 Å². The van der Waals surface area contributed by atoms with Crippen LogP contribution in [0.2, 0.25) is 0 Å². The monoisotopic (exact) mass is 267 g/mol. The molecule has 3 nitrogen and oxygen atoms in total. The zero-order valence-electron chi connectivity index (χ0n) is 8.10. The molecule has 0 aliphatic heterocycles. The molecule has 2 rings (SSSR count). The molecule has 0 fully saturated rings. The van der Waals surface area contributed by atoms with Crippen LogP contribution in [0.25, 0.3) is 11.3 Å². The number of aromatic nitrogens is 2. The van der Waals surface area contributed by atoms with Crippen molar-refractivity contribution in [2.75, 3.05) is 5.73 Å². The van der Waals surface area contributed by atoms with E-state index in [2.05, 4.69) is 10.2 Å². The van der Waals surface area contributed by atoms with Crippen LogP contribution in [0.15, 0.2) is 12.1 Å². The van der Waals surface area contributed by atoms with Crippen LogP contribution in [0, 0.1) is 23.3 Å².